The highest BCUT2D eigenvalue weighted by molar-refractivity contribution is 5.98. The van der Waals surface area contributed by atoms with Gasteiger partial charge in [-0.2, -0.15) is 0 Å². The molecule has 0 aromatic heterocycles. The summed E-state index contributed by atoms with van der Waals surface area (Å²) < 4.78 is 0. The van der Waals surface area contributed by atoms with E-state index >= 15 is 0 Å². The molecule has 1 aromatic carbocycles. The average Bonchev–Trinajstić information content (AvgIpc) is 2.60. The number of para-hydroxylation sites is 1. The lowest BCUT2D eigenvalue weighted by molar-refractivity contribution is -0.121. The minimum Gasteiger partial charge on any atom is -0.394 e. The van der Waals surface area contributed by atoms with E-state index in [2.05, 4.69) is 25.2 Å². The van der Waals surface area contributed by atoms with Crippen LogP contribution in [0.25, 0.3) is 0 Å². The molecule has 0 radical (unpaired) electrons. The molecule has 2 rings (SSSR count). The van der Waals surface area contributed by atoms with Gasteiger partial charge >= 0.3 is 0 Å². The van der Waals surface area contributed by atoms with E-state index in [1.807, 2.05) is 23.1 Å². The highest BCUT2D eigenvalue weighted by Gasteiger charge is 2.28. The number of carbonyl (C=O) groups is 1. The Bertz CT molecular complexity index is 446. The zero-order chi connectivity index (χ0) is 13.8. The Morgan fingerprint density at radius 2 is 2.16 bits per heavy atom. The van der Waals surface area contributed by atoms with Crippen LogP contribution in [0.5, 0.6) is 0 Å². The van der Waals surface area contributed by atoms with Crippen molar-refractivity contribution in [1.29, 1.82) is 0 Å². The molecule has 1 amide bonds. The number of hydrogen-bond donors (Lipinski definition) is 2. The number of benzene rings is 1. The fraction of sp³-hybridized carbons (Fsp3) is 0.533. The lowest BCUT2D eigenvalue weighted by Gasteiger charge is -2.27. The highest BCUT2D eigenvalue weighted by atomic mass is 16.3. The summed E-state index contributed by atoms with van der Waals surface area (Å²) in [5.41, 5.74) is 2.15. The van der Waals surface area contributed by atoms with Crippen LogP contribution in [0.4, 0.5) is 5.69 Å². The maximum Gasteiger partial charge on any atom is 0.246 e. The van der Waals surface area contributed by atoms with Crippen LogP contribution in [0.3, 0.4) is 0 Å². The molecule has 4 nitrogen and oxygen atoms in total. The molecule has 0 saturated carbocycles. The van der Waals surface area contributed by atoms with Crippen LogP contribution in [0.15, 0.2) is 24.3 Å². The summed E-state index contributed by atoms with van der Waals surface area (Å²) in [6.07, 6.45) is 0.897. The number of anilines is 1. The molecule has 0 spiro atoms. The Kier molecular flexibility index (Phi) is 4.56. The van der Waals surface area contributed by atoms with Gasteiger partial charge in [0.1, 0.15) is 6.04 Å². The molecule has 1 aliphatic rings. The minimum absolute atomic E-state index is 0.0342. The van der Waals surface area contributed by atoms with Crippen molar-refractivity contribution in [2.24, 2.45) is 0 Å². The van der Waals surface area contributed by atoms with Gasteiger partial charge in [0.2, 0.25) is 5.91 Å². The molecule has 1 fully saturated rings. The first kappa shape index (κ1) is 14.0. The van der Waals surface area contributed by atoms with Gasteiger partial charge in [0, 0.05) is 12.2 Å². The minimum atomic E-state index is -0.484. The summed E-state index contributed by atoms with van der Waals surface area (Å²) in [6.45, 7) is 5.56. The number of hydrogen-bond acceptors (Lipinski definition) is 3. The molecule has 1 unspecified atom stereocenters. The van der Waals surface area contributed by atoms with Crippen molar-refractivity contribution >= 4 is 11.6 Å². The molecule has 0 aliphatic carbocycles. The van der Waals surface area contributed by atoms with Crippen molar-refractivity contribution < 1.29 is 9.90 Å². The molecule has 4 heteroatoms. The standard InChI is InChI=1S/C15H22N2O2/c1-11(2)12-6-3-4-7-14(12)17-9-5-8-16-13(10-18)15(17)19/h3-4,6-7,11,13,16,18H,5,8-10H2,1-2H3. The molecule has 1 heterocycles. The van der Waals surface area contributed by atoms with Gasteiger partial charge in [-0.05, 0) is 30.5 Å². The van der Waals surface area contributed by atoms with Crippen molar-refractivity contribution in [1.82, 2.24) is 5.32 Å². The molecule has 19 heavy (non-hydrogen) atoms. The fourth-order valence-corrected chi connectivity index (χ4v) is 2.50. The van der Waals surface area contributed by atoms with Crippen molar-refractivity contribution in [3.05, 3.63) is 29.8 Å². The molecule has 104 valence electrons. The van der Waals surface area contributed by atoms with Crippen LogP contribution in [-0.2, 0) is 4.79 Å². The second-order valence-corrected chi connectivity index (χ2v) is 5.25. The summed E-state index contributed by atoms with van der Waals surface area (Å²) in [4.78, 5) is 14.3. The number of nitrogens with zero attached hydrogens (tertiary/aromatic N) is 1. The first-order valence-electron chi connectivity index (χ1n) is 6.89. The summed E-state index contributed by atoms with van der Waals surface area (Å²) >= 11 is 0. The molecular weight excluding hydrogens is 240 g/mol. The van der Waals surface area contributed by atoms with Gasteiger partial charge in [-0.1, -0.05) is 32.0 Å². The van der Waals surface area contributed by atoms with Crippen molar-refractivity contribution in [3.8, 4) is 0 Å². The van der Waals surface area contributed by atoms with Crippen molar-refractivity contribution in [3.63, 3.8) is 0 Å². The third-order valence-electron chi connectivity index (χ3n) is 3.55. The first-order valence-corrected chi connectivity index (χ1v) is 6.89. The van der Waals surface area contributed by atoms with Crippen LogP contribution >= 0.6 is 0 Å². The maximum atomic E-state index is 12.5. The van der Waals surface area contributed by atoms with E-state index in [9.17, 15) is 9.90 Å². The molecule has 1 aliphatic heterocycles. The van der Waals surface area contributed by atoms with E-state index in [1.54, 1.807) is 0 Å². The van der Waals surface area contributed by atoms with Gasteiger partial charge in [0.05, 0.1) is 6.61 Å². The number of aliphatic hydroxyl groups is 1. The van der Waals surface area contributed by atoms with E-state index in [1.165, 1.54) is 5.56 Å². The number of aliphatic hydroxyl groups excluding tert-OH is 1. The quantitative estimate of drug-likeness (QED) is 0.868. The normalized spacial score (nSPS) is 20.7. The summed E-state index contributed by atoms with van der Waals surface area (Å²) in [6, 6.07) is 7.54. The van der Waals surface area contributed by atoms with Crippen LogP contribution in [0, 0.1) is 0 Å². The van der Waals surface area contributed by atoms with Gasteiger partial charge < -0.3 is 15.3 Å². The van der Waals surface area contributed by atoms with E-state index in [-0.39, 0.29) is 12.5 Å². The summed E-state index contributed by atoms with van der Waals surface area (Å²) in [5, 5.41) is 12.4. The maximum absolute atomic E-state index is 12.5. The van der Waals surface area contributed by atoms with Crippen LogP contribution < -0.4 is 10.2 Å². The predicted octanol–water partition coefficient (Wildman–Crippen LogP) is 1.50. The monoisotopic (exact) mass is 262 g/mol. The molecule has 0 bridgehead atoms. The number of nitrogens with one attached hydrogen (secondary N) is 1. The van der Waals surface area contributed by atoms with E-state index in [0.717, 1.165) is 18.7 Å². The van der Waals surface area contributed by atoms with E-state index < -0.39 is 6.04 Å². The number of rotatable bonds is 3. The SMILES string of the molecule is CC(C)c1ccccc1N1CCCNC(CO)C1=O. The van der Waals surface area contributed by atoms with E-state index in [0.29, 0.717) is 12.5 Å². The van der Waals surface area contributed by atoms with Gasteiger partial charge in [0.15, 0.2) is 0 Å². The number of amides is 1. The molecule has 1 atom stereocenters. The summed E-state index contributed by atoms with van der Waals surface area (Å²) in [7, 11) is 0. The average molecular weight is 262 g/mol. The third-order valence-corrected chi connectivity index (χ3v) is 3.55. The van der Waals surface area contributed by atoms with Gasteiger partial charge in [0.25, 0.3) is 0 Å². The Morgan fingerprint density at radius 3 is 2.84 bits per heavy atom. The second-order valence-electron chi connectivity index (χ2n) is 5.25. The molecular formula is C15H22N2O2. The van der Waals surface area contributed by atoms with Crippen molar-refractivity contribution in [2.45, 2.75) is 32.2 Å². The highest BCUT2D eigenvalue weighted by Crippen LogP contribution is 2.28. The Labute approximate surface area is 114 Å². The van der Waals surface area contributed by atoms with Gasteiger partial charge in [-0.3, -0.25) is 4.79 Å². The van der Waals surface area contributed by atoms with Crippen LogP contribution in [0.2, 0.25) is 0 Å². The predicted molar refractivity (Wildman–Crippen MR) is 76.4 cm³/mol. The van der Waals surface area contributed by atoms with E-state index in [4.69, 9.17) is 0 Å². The lowest BCUT2D eigenvalue weighted by atomic mass is 10.00. The van der Waals surface area contributed by atoms with Crippen LogP contribution in [-0.4, -0.2) is 36.8 Å². The third kappa shape index (κ3) is 2.96. The van der Waals surface area contributed by atoms with Crippen molar-refractivity contribution in [2.75, 3.05) is 24.6 Å². The largest absolute Gasteiger partial charge is 0.394 e. The molecule has 2 N–H and O–H groups in total. The summed E-state index contributed by atoms with van der Waals surface area (Å²) in [5.74, 6) is 0.334. The van der Waals surface area contributed by atoms with Crippen LogP contribution in [0.1, 0.15) is 31.7 Å². The second kappa shape index (κ2) is 6.17. The lowest BCUT2D eigenvalue weighted by Crippen LogP contribution is -2.46. The Morgan fingerprint density at radius 1 is 1.42 bits per heavy atom. The molecule has 1 saturated heterocycles. The smallest absolute Gasteiger partial charge is 0.246 e. The zero-order valence-corrected chi connectivity index (χ0v) is 11.6. The fourth-order valence-electron chi connectivity index (χ4n) is 2.50. The number of carbonyl (C=O) groups excluding carboxylic acids is 1. The topological polar surface area (TPSA) is 52.6 Å². The zero-order valence-electron chi connectivity index (χ0n) is 11.6. The van der Waals surface area contributed by atoms with Gasteiger partial charge in [-0.15, -0.1) is 0 Å². The Hall–Kier alpha value is -1.39. The van der Waals surface area contributed by atoms with Gasteiger partial charge in [-0.25, -0.2) is 0 Å². The molecule has 1 aromatic rings. The Balaban J connectivity index is 2.36. The first-order chi connectivity index (χ1) is 9.15.